The maximum absolute atomic E-state index is 12.8. The van der Waals surface area contributed by atoms with E-state index >= 15 is 0 Å². The average molecular weight is 1460 g/mol. The molecule has 0 saturated carbocycles. The molecule has 574 valence electrons. The minimum atomic E-state index is -0.948. The molecule has 5 aromatic rings. The second-order valence-corrected chi connectivity index (χ2v) is 32.0. The van der Waals surface area contributed by atoms with Crippen LogP contribution in [0.3, 0.4) is 0 Å². The highest BCUT2D eigenvalue weighted by molar-refractivity contribution is 6.27. The Kier molecular flexibility index (Phi) is 31.4. The van der Waals surface area contributed by atoms with Crippen molar-refractivity contribution in [2.75, 3.05) is 13.7 Å². The van der Waals surface area contributed by atoms with E-state index < -0.39 is 23.8 Å². The molecule has 20 nitrogen and oxygen atoms in total. The summed E-state index contributed by atoms with van der Waals surface area (Å²) in [6, 6.07) is 32.2. The average Bonchev–Trinajstić information content (AvgIpc) is 1.08. The Hall–Kier alpha value is -10.1. The number of imide groups is 2. The summed E-state index contributed by atoms with van der Waals surface area (Å²) in [6.45, 7) is 45.8. The lowest BCUT2D eigenvalue weighted by Crippen LogP contribution is -2.57. The number of ether oxygens (including phenoxy) is 1. The van der Waals surface area contributed by atoms with Gasteiger partial charge < -0.3 is 35.4 Å². The van der Waals surface area contributed by atoms with Crippen LogP contribution in [0.4, 0.5) is 0 Å². The maximum atomic E-state index is 12.8. The van der Waals surface area contributed by atoms with E-state index in [-0.39, 0.29) is 103 Å². The number of hydrogen-bond donors (Lipinski definition) is 4. The monoisotopic (exact) mass is 1460 g/mol. The highest BCUT2D eigenvalue weighted by atomic mass is 16.5. The standard InChI is InChI=1S/C17H12N2O4.3C14H14N2O2.C8H16O2.C7H12.2C6H14.CH4/c20-13-8-7-12(15(21)18-13)19-16(22)10-5-1-3-9-4-2-6-11(14(9)10)17(19)23;3*1-9-12(6-7-13(17)15-9)16-8-10-4-2-3-5-11(10)14(16)18;1-8(2,3)5-7(9)6-10-4;1-5-6-7(2,3)4;2*1-5-6(2,3)4;/h1-6,12H,7-8H2,(H,18,20,21);3*2-5,12H,1,6-8H2,(H,15,17);5-6H2,1-4H3;1-4H3;2*5H2,1-4H3;1H4. The van der Waals surface area contributed by atoms with Crippen molar-refractivity contribution in [1.82, 2.24) is 40.9 Å². The molecule has 0 bridgehead atoms. The molecule has 4 saturated heterocycles. The number of methoxy groups -OCH3 is 1. The van der Waals surface area contributed by atoms with Crippen LogP contribution in [0.5, 0.6) is 0 Å². The third-order valence-electron chi connectivity index (χ3n) is 18.7. The fourth-order valence-electron chi connectivity index (χ4n) is 12.4. The van der Waals surface area contributed by atoms with Gasteiger partial charge in [0.1, 0.15) is 12.6 Å². The minimum Gasteiger partial charge on any atom is -0.377 e. The van der Waals surface area contributed by atoms with Crippen molar-refractivity contribution in [3.63, 3.8) is 0 Å². The van der Waals surface area contributed by atoms with E-state index in [9.17, 15) is 52.7 Å². The molecule has 20 heteroatoms. The summed E-state index contributed by atoms with van der Waals surface area (Å²) < 4.78 is 4.70. The third-order valence-corrected chi connectivity index (χ3v) is 18.7. The Morgan fingerprint density at radius 3 is 1.02 bits per heavy atom. The van der Waals surface area contributed by atoms with E-state index in [0.717, 1.165) is 43.7 Å². The quantitative estimate of drug-likeness (QED) is 0.0876. The number of nitrogens with zero attached hydrogens (tertiary/aromatic N) is 4. The Balaban J connectivity index is 0.000000229. The van der Waals surface area contributed by atoms with E-state index in [1.165, 1.54) is 12.8 Å². The van der Waals surface area contributed by atoms with Crippen LogP contribution in [0.15, 0.2) is 146 Å². The molecule has 10 amide bonds. The first-order chi connectivity index (χ1) is 49.7. The number of rotatable bonds is 7. The summed E-state index contributed by atoms with van der Waals surface area (Å²) >= 11 is 0. The molecular formula is C87H114N8O12. The first-order valence-corrected chi connectivity index (χ1v) is 36.5. The van der Waals surface area contributed by atoms with Crippen LogP contribution < -0.4 is 21.3 Å². The first kappa shape index (κ1) is 87.5. The molecule has 107 heavy (non-hydrogen) atoms. The largest absolute Gasteiger partial charge is 0.377 e. The first-order valence-electron chi connectivity index (χ1n) is 36.5. The van der Waals surface area contributed by atoms with Gasteiger partial charge >= 0.3 is 0 Å². The van der Waals surface area contributed by atoms with Crippen LogP contribution in [-0.4, -0.2) is 122 Å². The fraction of sp³-hybridized carbons (Fsp3) is 0.460. The van der Waals surface area contributed by atoms with Gasteiger partial charge in [-0.15, -0.1) is 5.92 Å². The summed E-state index contributed by atoms with van der Waals surface area (Å²) in [5.74, 6) is 4.16. The molecule has 5 aromatic carbocycles. The van der Waals surface area contributed by atoms with Gasteiger partial charge in [-0.25, -0.2) is 0 Å². The molecule has 4 N–H and O–H groups in total. The SMILES string of the molecule is C.C=C1NC(=O)CCC1N1Cc2ccccc2C1=O.C=C1NC(=O)CCC1N1Cc2ccccc2C1=O.C=C1NC(=O)CCC1N1Cc2ccccc2C1=O.CC#CC(C)(C)C.CCC(C)(C)C.CCC(C)(C)C.COCC(=O)CC(C)(C)C.O=C1CCC(N2C(=O)c3cccc4cccc(c34)C2=O)C(=O)N1. The Morgan fingerprint density at radius 1 is 0.449 bits per heavy atom. The number of ketones is 1. The Morgan fingerprint density at radius 2 is 0.757 bits per heavy atom. The molecule has 13 rings (SSSR count). The molecule has 0 aliphatic carbocycles. The number of carbonyl (C=O) groups excluding carboxylic acids is 11. The van der Waals surface area contributed by atoms with Crippen LogP contribution in [-0.2, 0) is 53.1 Å². The Labute approximate surface area is 634 Å². The van der Waals surface area contributed by atoms with Gasteiger partial charge in [-0.05, 0) is 122 Å². The number of amides is 10. The number of piperidine rings is 4. The lowest BCUT2D eigenvalue weighted by molar-refractivity contribution is -0.136. The number of Topliss-reactive ketones (excluding diaryl/α,β-unsaturated/α-hetero) is 1. The summed E-state index contributed by atoms with van der Waals surface area (Å²) in [7, 11) is 1.54. The molecule has 0 spiro atoms. The third kappa shape index (κ3) is 24.7. The minimum absolute atomic E-state index is 0. The molecule has 8 aliphatic heterocycles. The van der Waals surface area contributed by atoms with Crippen molar-refractivity contribution in [2.45, 2.75) is 226 Å². The predicted molar refractivity (Wildman–Crippen MR) is 421 cm³/mol. The van der Waals surface area contributed by atoms with Gasteiger partial charge in [0.25, 0.3) is 29.5 Å². The summed E-state index contributed by atoms with van der Waals surface area (Å²) in [6.07, 6.45) is 6.72. The van der Waals surface area contributed by atoms with Crippen LogP contribution in [0.1, 0.15) is 250 Å². The van der Waals surface area contributed by atoms with E-state index in [4.69, 9.17) is 4.74 Å². The second kappa shape index (κ2) is 38.4. The van der Waals surface area contributed by atoms with Gasteiger partial charge in [-0.2, -0.15) is 0 Å². The highest BCUT2D eigenvalue weighted by Crippen LogP contribution is 2.35. The van der Waals surface area contributed by atoms with Gasteiger partial charge in [0.05, 0.1) is 18.1 Å². The van der Waals surface area contributed by atoms with Crippen molar-refractivity contribution in [3.05, 3.63) is 191 Å². The molecule has 0 aromatic heterocycles. The number of fused-ring (bicyclic) bond motifs is 3. The molecule has 0 radical (unpaired) electrons. The molecule has 4 unspecified atom stereocenters. The number of nitrogens with one attached hydrogen (secondary N) is 4. The Bertz CT molecular complexity index is 3920. The second-order valence-electron chi connectivity index (χ2n) is 32.0. The van der Waals surface area contributed by atoms with Gasteiger partial charge in [-0.3, -0.25) is 63.0 Å². The van der Waals surface area contributed by atoms with Gasteiger partial charge in [0, 0.05) is 115 Å². The van der Waals surface area contributed by atoms with E-state index in [0.29, 0.717) is 109 Å². The summed E-state index contributed by atoms with van der Waals surface area (Å²) in [5.41, 5.74) is 9.51. The smallest absolute Gasteiger partial charge is 0.262 e. The molecule has 4 fully saturated rings. The van der Waals surface area contributed by atoms with Crippen LogP contribution in [0, 0.1) is 33.5 Å². The maximum Gasteiger partial charge on any atom is 0.262 e. The zero-order valence-electron chi connectivity index (χ0n) is 65.1. The van der Waals surface area contributed by atoms with Crippen molar-refractivity contribution < 1.29 is 57.5 Å². The zero-order valence-corrected chi connectivity index (χ0v) is 65.1. The van der Waals surface area contributed by atoms with Gasteiger partial charge in [-0.1, -0.05) is 201 Å². The van der Waals surface area contributed by atoms with Crippen molar-refractivity contribution in [1.29, 1.82) is 0 Å². The van der Waals surface area contributed by atoms with Crippen LogP contribution in [0.25, 0.3) is 10.8 Å². The topological polar surface area (TPSA) is 258 Å². The lowest BCUT2D eigenvalue weighted by Gasteiger charge is -2.34. The van der Waals surface area contributed by atoms with Gasteiger partial charge in [0.15, 0.2) is 5.78 Å². The molecular weight excluding hydrogens is 1350 g/mol. The zero-order chi connectivity index (χ0) is 78.8. The number of carbonyl (C=O) groups is 11. The van der Waals surface area contributed by atoms with Crippen molar-refractivity contribution >= 4 is 75.6 Å². The van der Waals surface area contributed by atoms with E-state index in [1.807, 2.05) is 113 Å². The van der Waals surface area contributed by atoms with E-state index in [2.05, 4.69) is 129 Å². The predicted octanol–water partition coefficient (Wildman–Crippen LogP) is 14.8. The molecule has 8 aliphatic rings. The molecule has 8 heterocycles. The van der Waals surface area contributed by atoms with Crippen molar-refractivity contribution in [3.8, 4) is 11.8 Å². The number of benzene rings is 5. The van der Waals surface area contributed by atoms with Gasteiger partial charge in [0.2, 0.25) is 29.5 Å². The fourth-order valence-corrected chi connectivity index (χ4v) is 12.4. The summed E-state index contributed by atoms with van der Waals surface area (Å²) in [5, 5.41) is 11.8. The van der Waals surface area contributed by atoms with E-state index in [1.54, 1.807) is 46.1 Å². The number of hydrogen-bond acceptors (Lipinski definition) is 12. The normalized spacial score (nSPS) is 19.2. The van der Waals surface area contributed by atoms with Crippen LogP contribution in [0.2, 0.25) is 0 Å². The lowest BCUT2D eigenvalue weighted by atomic mass is 9.90. The molecule has 4 atom stereocenters. The van der Waals surface area contributed by atoms with Crippen molar-refractivity contribution in [2.24, 2.45) is 21.7 Å². The van der Waals surface area contributed by atoms with Crippen LogP contribution >= 0.6 is 0 Å². The summed E-state index contributed by atoms with van der Waals surface area (Å²) in [4.78, 5) is 137. The highest BCUT2D eigenvalue weighted by Gasteiger charge is 2.44.